The van der Waals surface area contributed by atoms with Gasteiger partial charge in [-0.15, -0.1) is 69.1 Å². The fraction of sp³-hybridized carbons (Fsp3) is 0.400. The van der Waals surface area contributed by atoms with Gasteiger partial charge in [0, 0.05) is 9.52 Å². The molecule has 2 aliphatic carbocycles. The van der Waals surface area contributed by atoms with Gasteiger partial charge in [0.1, 0.15) is 0 Å². The quantitative estimate of drug-likeness (QED) is 0.0951. The van der Waals surface area contributed by atoms with Crippen molar-refractivity contribution in [3.8, 4) is 22.3 Å². The van der Waals surface area contributed by atoms with Gasteiger partial charge in [0.15, 0.2) is 0 Å². The number of aryl methyl sites for hydroxylation is 2. The zero-order valence-electron chi connectivity index (χ0n) is 33.6. The first-order valence-electron chi connectivity index (χ1n) is 20.3. The minimum absolute atomic E-state index is 0.600. The summed E-state index contributed by atoms with van der Waals surface area (Å²) in [7, 11) is 11.0. The van der Waals surface area contributed by atoms with E-state index in [9.17, 15) is 0 Å². The van der Waals surface area contributed by atoms with E-state index in [1.165, 1.54) is 143 Å². The van der Waals surface area contributed by atoms with E-state index >= 15 is 0 Å². The van der Waals surface area contributed by atoms with E-state index in [4.69, 9.17) is 17.0 Å². The van der Waals surface area contributed by atoms with E-state index in [1.54, 1.807) is 0 Å². The second-order valence-electron chi connectivity index (χ2n) is 16.2. The first-order chi connectivity index (χ1) is 26.2. The summed E-state index contributed by atoms with van der Waals surface area (Å²) in [5.74, 6) is 0. The van der Waals surface area contributed by atoms with Crippen LogP contribution in [0.3, 0.4) is 0 Å². The van der Waals surface area contributed by atoms with Crippen LogP contribution in [0.15, 0.2) is 109 Å². The first-order valence-corrected chi connectivity index (χ1v) is 28.6. The number of hydrogen-bond acceptors (Lipinski definition) is 0. The van der Waals surface area contributed by atoms with E-state index in [0.717, 1.165) is 9.52 Å². The summed E-state index contributed by atoms with van der Waals surface area (Å²) in [4.78, 5) is 0. The molecule has 2 saturated carbocycles. The van der Waals surface area contributed by atoms with Crippen molar-refractivity contribution in [2.45, 2.75) is 118 Å². The Bertz CT molecular complexity index is 1860. The monoisotopic (exact) mass is 848 g/mol. The van der Waals surface area contributed by atoms with Crippen molar-refractivity contribution in [3.05, 3.63) is 131 Å². The Kier molecular flexibility index (Phi) is 16.5. The fourth-order valence-electron chi connectivity index (χ4n) is 9.08. The molecule has 0 N–H and O–H groups in total. The molecule has 0 saturated heterocycles. The molecule has 8 rings (SSSR count). The van der Waals surface area contributed by atoms with Crippen molar-refractivity contribution in [1.82, 2.24) is 0 Å². The number of rotatable bonds is 10. The second-order valence-corrected chi connectivity index (χ2v) is 20.9. The third kappa shape index (κ3) is 11.0. The van der Waals surface area contributed by atoms with Crippen molar-refractivity contribution in [3.63, 3.8) is 0 Å². The molecule has 0 spiro atoms. The first kappa shape index (κ1) is 42.9. The van der Waals surface area contributed by atoms with Gasteiger partial charge in [-0.05, 0) is 87.2 Å². The van der Waals surface area contributed by atoms with Gasteiger partial charge >= 0.3 is 37.9 Å². The summed E-state index contributed by atoms with van der Waals surface area (Å²) in [5.41, 5.74) is 12.3. The van der Waals surface area contributed by atoms with Gasteiger partial charge < -0.3 is 0 Å². The predicted molar refractivity (Wildman–Crippen MR) is 238 cm³/mol. The number of fused-ring (bicyclic) bond motifs is 2. The van der Waals surface area contributed by atoms with Gasteiger partial charge in [0.2, 0.25) is 0 Å². The van der Waals surface area contributed by atoms with Gasteiger partial charge in [0.25, 0.3) is 0 Å². The molecule has 6 aromatic rings. The molecule has 0 unspecified atom stereocenters. The molecule has 0 bridgehead atoms. The topological polar surface area (TPSA) is 0 Å². The van der Waals surface area contributed by atoms with Crippen LogP contribution < -0.4 is 0 Å². The van der Waals surface area contributed by atoms with Crippen molar-refractivity contribution in [1.29, 1.82) is 0 Å². The maximum atomic E-state index is 4.93. The van der Waals surface area contributed by atoms with Crippen LogP contribution in [0.25, 0.3) is 43.8 Å². The number of hydrogen-bond donors (Lipinski definition) is 0. The average molecular weight is 851 g/mol. The van der Waals surface area contributed by atoms with Gasteiger partial charge in [0.05, 0.1) is 0 Å². The standard InChI is InChI=1S/2C24H27.C2H6Si.2ClH.Zr/c2*1-3-12-24(13-5-14-24)17-19-15-21-6-4-7-22(23(21)16-19)20-10-8-18(2)9-11-20;1-3-2;;;/h2*4,6-11,15-16H,3,5,12-14,17H2,1-2H3;1-2H3;2*1H;/q2*-1;;;;+4/p-2. The molecule has 2 aliphatic rings. The minimum atomic E-state index is -0.826. The Morgan fingerprint density at radius 3 is 1.24 bits per heavy atom. The Morgan fingerprint density at radius 1 is 0.593 bits per heavy atom. The van der Waals surface area contributed by atoms with Crippen LogP contribution in [0.2, 0.25) is 13.1 Å². The van der Waals surface area contributed by atoms with Crippen molar-refractivity contribution >= 4 is 48.1 Å². The van der Waals surface area contributed by atoms with Crippen LogP contribution in [0.5, 0.6) is 0 Å². The van der Waals surface area contributed by atoms with Crippen LogP contribution in [0, 0.1) is 24.7 Å². The Morgan fingerprint density at radius 2 is 0.944 bits per heavy atom. The second kappa shape index (κ2) is 20.8. The van der Waals surface area contributed by atoms with Crippen molar-refractivity contribution in [2.24, 2.45) is 10.8 Å². The van der Waals surface area contributed by atoms with E-state index in [2.05, 4.69) is 150 Å². The third-order valence-electron chi connectivity index (χ3n) is 11.9. The summed E-state index contributed by atoms with van der Waals surface area (Å²) in [6.07, 6.45) is 16.5. The summed E-state index contributed by atoms with van der Waals surface area (Å²) >= 11 is -0.826. The molecule has 6 aromatic carbocycles. The molecule has 4 heteroatoms. The molecule has 0 heterocycles. The fourth-order valence-corrected chi connectivity index (χ4v) is 9.08. The summed E-state index contributed by atoms with van der Waals surface area (Å²) in [6.45, 7) is 13.3. The Labute approximate surface area is 348 Å². The Balaban J connectivity index is 0.000000182. The average Bonchev–Trinajstić information content (AvgIpc) is 3.75. The molecular formula is C50H60Cl2SiZr. The zero-order valence-corrected chi connectivity index (χ0v) is 38.6. The van der Waals surface area contributed by atoms with Gasteiger partial charge in [-0.1, -0.05) is 136 Å². The summed E-state index contributed by atoms with van der Waals surface area (Å²) < 4.78 is 0. The molecule has 0 amide bonds. The predicted octanol–water partition coefficient (Wildman–Crippen LogP) is 16.3. The molecule has 2 fully saturated rings. The Hall–Kier alpha value is -2.22. The normalized spacial score (nSPS) is 15.0. The molecule has 282 valence electrons. The molecular weight excluding hydrogens is 791 g/mol. The van der Waals surface area contributed by atoms with E-state index in [0.29, 0.717) is 10.8 Å². The molecule has 0 aliphatic heterocycles. The molecule has 0 aromatic heterocycles. The van der Waals surface area contributed by atoms with Gasteiger partial charge in [-0.25, -0.2) is 0 Å². The van der Waals surface area contributed by atoms with Crippen LogP contribution in [-0.4, -0.2) is 9.52 Å². The number of benzene rings is 4. The SMILES string of the molecule is CCCC1(Cc2cc3c(-c4ccc(C)cc4)cccc3[cH-]2)CCC1.CCCC1(Cc2cc3c(-c4ccc(C)cc4)cccc3[cH-]2)CCC1.C[Si]C.[Cl][Zr+2][Cl]. The van der Waals surface area contributed by atoms with Crippen molar-refractivity contribution < 1.29 is 20.8 Å². The van der Waals surface area contributed by atoms with Gasteiger partial charge in [-0.2, -0.15) is 12.1 Å². The van der Waals surface area contributed by atoms with E-state index < -0.39 is 20.8 Å². The maximum absolute atomic E-state index is 4.93. The zero-order chi connectivity index (χ0) is 38.6. The van der Waals surface area contributed by atoms with Crippen molar-refractivity contribution in [2.75, 3.05) is 0 Å². The molecule has 54 heavy (non-hydrogen) atoms. The van der Waals surface area contributed by atoms with Crippen LogP contribution >= 0.6 is 17.0 Å². The van der Waals surface area contributed by atoms with Crippen LogP contribution in [-0.2, 0) is 33.7 Å². The van der Waals surface area contributed by atoms with Crippen LogP contribution in [0.1, 0.15) is 100 Å². The van der Waals surface area contributed by atoms with E-state index in [-0.39, 0.29) is 0 Å². The summed E-state index contributed by atoms with van der Waals surface area (Å²) in [6, 6.07) is 41.1. The molecule has 0 atom stereocenters. The molecule has 2 radical (unpaired) electrons. The third-order valence-corrected chi connectivity index (χ3v) is 11.9. The number of halogens is 2. The summed E-state index contributed by atoms with van der Waals surface area (Å²) in [5, 5.41) is 5.63. The van der Waals surface area contributed by atoms with Crippen LogP contribution in [0.4, 0.5) is 0 Å². The van der Waals surface area contributed by atoms with Gasteiger partial charge in [-0.3, -0.25) is 0 Å². The van der Waals surface area contributed by atoms with E-state index in [1.807, 2.05) is 0 Å². The molecule has 0 nitrogen and oxygen atoms in total.